The second kappa shape index (κ2) is 5.56. The molecule has 100 valence electrons. The van der Waals surface area contributed by atoms with E-state index in [1.54, 1.807) is 6.92 Å². The van der Waals surface area contributed by atoms with E-state index in [2.05, 4.69) is 50.2 Å². The molecule has 0 heterocycles. The lowest BCUT2D eigenvalue weighted by atomic mass is 9.93. The maximum absolute atomic E-state index is 11.5. The number of hydrogen-bond donors (Lipinski definition) is 0. The van der Waals surface area contributed by atoms with Gasteiger partial charge in [-0.05, 0) is 41.2 Å². The van der Waals surface area contributed by atoms with Crippen molar-refractivity contribution in [2.45, 2.75) is 40.0 Å². The Morgan fingerprint density at radius 1 is 1.00 bits per heavy atom. The normalized spacial score (nSPS) is 12.9. The van der Waals surface area contributed by atoms with Crippen LogP contribution in [-0.4, -0.2) is 5.78 Å². The van der Waals surface area contributed by atoms with Gasteiger partial charge in [-0.1, -0.05) is 57.2 Å². The average molecular weight is 254 g/mol. The minimum absolute atomic E-state index is 0.0141. The van der Waals surface area contributed by atoms with E-state index in [1.807, 2.05) is 6.92 Å². The minimum atomic E-state index is -0.0141. The van der Waals surface area contributed by atoms with Gasteiger partial charge in [0.1, 0.15) is 5.78 Å². The summed E-state index contributed by atoms with van der Waals surface area (Å²) in [5, 5.41) is 2.48. The van der Waals surface area contributed by atoms with Crippen molar-refractivity contribution in [3.05, 3.63) is 47.5 Å². The molecule has 2 rings (SSSR count). The van der Waals surface area contributed by atoms with Crippen molar-refractivity contribution in [2.24, 2.45) is 5.92 Å². The molecule has 2 aromatic carbocycles. The van der Waals surface area contributed by atoms with E-state index in [0.717, 1.165) is 12.0 Å². The van der Waals surface area contributed by atoms with Crippen molar-refractivity contribution >= 4 is 16.6 Å². The van der Waals surface area contributed by atoms with Crippen molar-refractivity contribution < 1.29 is 4.79 Å². The second-order valence-electron chi connectivity index (χ2n) is 5.87. The molecule has 2 aromatic rings. The van der Waals surface area contributed by atoms with Crippen LogP contribution < -0.4 is 0 Å². The standard InChI is InChI=1S/C18H22O/c1-12(2)9-15-5-6-18-11-16(13(3)14(4)19)7-8-17(18)10-15/h5-8,10-13H,9H2,1-4H3/t13-/m1/s1. The quantitative estimate of drug-likeness (QED) is 0.770. The molecule has 0 aliphatic rings. The van der Waals surface area contributed by atoms with Crippen LogP contribution in [0.1, 0.15) is 44.7 Å². The summed E-state index contributed by atoms with van der Waals surface area (Å²) in [6.07, 6.45) is 1.11. The zero-order chi connectivity index (χ0) is 14.0. The van der Waals surface area contributed by atoms with E-state index in [-0.39, 0.29) is 11.7 Å². The molecule has 0 aliphatic carbocycles. The third-order valence-electron chi connectivity index (χ3n) is 3.68. The van der Waals surface area contributed by atoms with Gasteiger partial charge >= 0.3 is 0 Å². The molecular formula is C18H22O. The first-order valence-corrected chi connectivity index (χ1v) is 7.00. The molecule has 1 nitrogen and oxygen atoms in total. The van der Waals surface area contributed by atoms with Gasteiger partial charge in [0.05, 0.1) is 0 Å². The minimum Gasteiger partial charge on any atom is -0.299 e. The third kappa shape index (κ3) is 3.23. The highest BCUT2D eigenvalue weighted by Crippen LogP contribution is 2.24. The first-order chi connectivity index (χ1) is 8.97. The average Bonchev–Trinajstić information content (AvgIpc) is 2.36. The van der Waals surface area contributed by atoms with Crippen molar-refractivity contribution in [1.82, 2.24) is 0 Å². The van der Waals surface area contributed by atoms with Crippen LogP contribution in [0.2, 0.25) is 0 Å². The maximum atomic E-state index is 11.5. The van der Waals surface area contributed by atoms with Gasteiger partial charge in [0, 0.05) is 5.92 Å². The van der Waals surface area contributed by atoms with Crippen molar-refractivity contribution in [3.63, 3.8) is 0 Å². The topological polar surface area (TPSA) is 17.1 Å². The maximum Gasteiger partial charge on any atom is 0.136 e. The largest absolute Gasteiger partial charge is 0.299 e. The molecular weight excluding hydrogens is 232 g/mol. The summed E-state index contributed by atoms with van der Waals surface area (Å²) in [7, 11) is 0. The summed E-state index contributed by atoms with van der Waals surface area (Å²) in [6.45, 7) is 8.10. The first-order valence-electron chi connectivity index (χ1n) is 7.00. The van der Waals surface area contributed by atoms with Gasteiger partial charge in [-0.3, -0.25) is 4.79 Å². The Labute approximate surface area is 115 Å². The highest BCUT2D eigenvalue weighted by atomic mass is 16.1. The molecule has 0 saturated carbocycles. The van der Waals surface area contributed by atoms with Crippen molar-refractivity contribution in [3.8, 4) is 0 Å². The number of Topliss-reactive ketones (excluding diaryl/α,β-unsaturated/α-hetero) is 1. The van der Waals surface area contributed by atoms with Gasteiger partial charge in [-0.15, -0.1) is 0 Å². The van der Waals surface area contributed by atoms with E-state index >= 15 is 0 Å². The summed E-state index contributed by atoms with van der Waals surface area (Å²) in [5.74, 6) is 0.880. The lowest BCUT2D eigenvalue weighted by Gasteiger charge is -2.11. The first kappa shape index (κ1) is 13.8. The van der Waals surface area contributed by atoms with E-state index < -0.39 is 0 Å². The van der Waals surface area contributed by atoms with Gasteiger partial charge in [-0.25, -0.2) is 0 Å². The second-order valence-corrected chi connectivity index (χ2v) is 5.87. The number of rotatable bonds is 4. The Balaban J connectivity index is 2.37. The molecule has 0 spiro atoms. The van der Waals surface area contributed by atoms with Crippen LogP contribution in [0.15, 0.2) is 36.4 Å². The smallest absolute Gasteiger partial charge is 0.136 e. The predicted octanol–water partition coefficient (Wildman–Crippen LogP) is 4.73. The molecule has 1 heteroatoms. The fraction of sp³-hybridized carbons (Fsp3) is 0.389. The number of fused-ring (bicyclic) bond motifs is 1. The van der Waals surface area contributed by atoms with E-state index in [1.165, 1.54) is 16.3 Å². The zero-order valence-corrected chi connectivity index (χ0v) is 12.2. The van der Waals surface area contributed by atoms with E-state index in [9.17, 15) is 4.79 Å². The number of benzene rings is 2. The fourth-order valence-electron chi connectivity index (χ4n) is 2.42. The summed E-state index contributed by atoms with van der Waals surface area (Å²) in [5.41, 5.74) is 2.49. The molecule has 0 bridgehead atoms. The van der Waals surface area contributed by atoms with Crippen molar-refractivity contribution in [2.75, 3.05) is 0 Å². The third-order valence-corrected chi connectivity index (χ3v) is 3.68. The van der Waals surface area contributed by atoms with Crippen LogP contribution in [0, 0.1) is 5.92 Å². The van der Waals surface area contributed by atoms with Crippen LogP contribution in [-0.2, 0) is 11.2 Å². The molecule has 0 saturated heterocycles. The molecule has 0 aliphatic heterocycles. The Kier molecular flexibility index (Phi) is 4.04. The van der Waals surface area contributed by atoms with Crippen LogP contribution in [0.5, 0.6) is 0 Å². The molecule has 0 amide bonds. The van der Waals surface area contributed by atoms with Crippen LogP contribution in [0.4, 0.5) is 0 Å². The highest BCUT2D eigenvalue weighted by molar-refractivity contribution is 5.87. The van der Waals surface area contributed by atoms with Gasteiger partial charge < -0.3 is 0 Å². The molecule has 0 N–H and O–H groups in total. The Hall–Kier alpha value is -1.63. The molecule has 0 radical (unpaired) electrons. The predicted molar refractivity (Wildman–Crippen MR) is 81.6 cm³/mol. The van der Waals surface area contributed by atoms with Crippen LogP contribution in [0.25, 0.3) is 10.8 Å². The summed E-state index contributed by atoms with van der Waals surface area (Å²) < 4.78 is 0. The van der Waals surface area contributed by atoms with Gasteiger partial charge in [0.25, 0.3) is 0 Å². The van der Waals surface area contributed by atoms with Crippen LogP contribution in [0.3, 0.4) is 0 Å². The highest BCUT2D eigenvalue weighted by Gasteiger charge is 2.10. The van der Waals surface area contributed by atoms with Crippen molar-refractivity contribution in [1.29, 1.82) is 0 Å². The Morgan fingerprint density at radius 3 is 2.26 bits per heavy atom. The Bertz CT molecular complexity index is 596. The number of ketones is 1. The summed E-state index contributed by atoms with van der Waals surface area (Å²) in [4.78, 5) is 11.5. The van der Waals surface area contributed by atoms with E-state index in [4.69, 9.17) is 0 Å². The molecule has 19 heavy (non-hydrogen) atoms. The fourth-order valence-corrected chi connectivity index (χ4v) is 2.42. The lowest BCUT2D eigenvalue weighted by molar-refractivity contribution is -0.118. The molecule has 0 unspecified atom stereocenters. The van der Waals surface area contributed by atoms with Gasteiger partial charge in [0.15, 0.2) is 0 Å². The molecule has 0 aromatic heterocycles. The summed E-state index contributed by atoms with van der Waals surface area (Å²) >= 11 is 0. The summed E-state index contributed by atoms with van der Waals surface area (Å²) in [6, 6.07) is 13.0. The van der Waals surface area contributed by atoms with Crippen LogP contribution >= 0.6 is 0 Å². The molecule has 1 atom stereocenters. The van der Waals surface area contributed by atoms with Gasteiger partial charge in [0.2, 0.25) is 0 Å². The number of carbonyl (C=O) groups is 1. The number of hydrogen-bond acceptors (Lipinski definition) is 1. The zero-order valence-electron chi connectivity index (χ0n) is 12.2. The van der Waals surface area contributed by atoms with E-state index in [0.29, 0.717) is 5.92 Å². The van der Waals surface area contributed by atoms with Gasteiger partial charge in [-0.2, -0.15) is 0 Å². The monoisotopic (exact) mass is 254 g/mol. The molecule has 0 fully saturated rings. The number of carbonyl (C=O) groups excluding carboxylic acids is 1. The Morgan fingerprint density at radius 2 is 1.63 bits per heavy atom. The SMILES string of the molecule is CC(=O)[C@@H](C)c1ccc2cc(CC(C)C)ccc2c1. The lowest BCUT2D eigenvalue weighted by Crippen LogP contribution is -2.03.